The van der Waals surface area contributed by atoms with E-state index in [0.29, 0.717) is 5.92 Å². The van der Waals surface area contributed by atoms with Gasteiger partial charge in [-0.05, 0) is 54.7 Å². The Morgan fingerprint density at radius 1 is 1.08 bits per heavy atom. The first-order valence-corrected chi connectivity index (χ1v) is 9.53. The number of nitrogens with two attached hydrogens (primary N) is 1. The largest absolute Gasteiger partial charge is 0.384 e. The second-order valence-corrected chi connectivity index (χ2v) is 7.53. The second-order valence-electron chi connectivity index (χ2n) is 7.53. The molecule has 2 aromatic carbocycles. The fourth-order valence-corrected chi connectivity index (χ4v) is 4.19. The van der Waals surface area contributed by atoms with Gasteiger partial charge in [0.1, 0.15) is 5.84 Å². The number of nitrogens with one attached hydrogen (secondary N) is 1. The lowest BCUT2D eigenvalue weighted by Crippen LogP contribution is -2.25. The highest BCUT2D eigenvalue weighted by molar-refractivity contribution is 5.95. The van der Waals surface area contributed by atoms with Gasteiger partial charge in [-0.1, -0.05) is 61.9 Å². The van der Waals surface area contributed by atoms with E-state index in [9.17, 15) is 5.26 Å². The monoisotopic (exact) mass is 345 g/mol. The summed E-state index contributed by atoms with van der Waals surface area (Å²) >= 11 is 0. The molecule has 0 unspecified atom stereocenters. The van der Waals surface area contributed by atoms with Gasteiger partial charge in [-0.25, -0.2) is 0 Å². The summed E-state index contributed by atoms with van der Waals surface area (Å²) in [4.78, 5) is 0. The molecule has 0 spiro atoms. The Balaban J connectivity index is 1.69. The minimum absolute atomic E-state index is 0.0797. The van der Waals surface area contributed by atoms with Crippen molar-refractivity contribution in [2.75, 3.05) is 0 Å². The fraction of sp³-hybridized carbons (Fsp3) is 0.391. The lowest BCUT2D eigenvalue weighted by Gasteiger charge is -2.35. The molecule has 1 fully saturated rings. The maximum absolute atomic E-state index is 9.57. The van der Waals surface area contributed by atoms with Gasteiger partial charge in [-0.15, -0.1) is 0 Å². The molecule has 3 heteroatoms. The minimum atomic E-state index is -0.0797. The summed E-state index contributed by atoms with van der Waals surface area (Å²) in [5, 5.41) is 17.1. The first-order valence-electron chi connectivity index (χ1n) is 9.53. The number of amidine groups is 1. The fourth-order valence-electron chi connectivity index (χ4n) is 4.19. The van der Waals surface area contributed by atoms with E-state index in [1.165, 1.54) is 11.1 Å². The number of nitrogen functional groups attached to an aromatic ring is 1. The van der Waals surface area contributed by atoms with Crippen LogP contribution in [-0.4, -0.2) is 5.84 Å². The predicted molar refractivity (Wildman–Crippen MR) is 107 cm³/mol. The summed E-state index contributed by atoms with van der Waals surface area (Å²) in [6, 6.07) is 19.2. The molecule has 2 aromatic rings. The Morgan fingerprint density at radius 2 is 1.62 bits per heavy atom. The second kappa shape index (κ2) is 7.74. The predicted octanol–water partition coefficient (Wildman–Crippen LogP) is 5.61. The van der Waals surface area contributed by atoms with E-state index in [0.717, 1.165) is 49.7 Å². The zero-order valence-electron chi connectivity index (χ0n) is 15.5. The van der Waals surface area contributed by atoms with E-state index in [-0.39, 0.29) is 11.3 Å². The molecule has 1 saturated carbocycles. The van der Waals surface area contributed by atoms with Gasteiger partial charge in [0.2, 0.25) is 0 Å². The zero-order chi connectivity index (χ0) is 18.6. The first-order chi connectivity index (χ1) is 12.6. The smallest absolute Gasteiger partial charge is 0.122 e. The Morgan fingerprint density at radius 3 is 2.08 bits per heavy atom. The third kappa shape index (κ3) is 3.80. The number of hydrogen-bond donors (Lipinski definition) is 2. The van der Waals surface area contributed by atoms with Crippen LogP contribution in [-0.2, 0) is 0 Å². The molecule has 3 nitrogen and oxygen atoms in total. The van der Waals surface area contributed by atoms with Crippen molar-refractivity contribution in [1.29, 1.82) is 10.7 Å². The molecule has 26 heavy (non-hydrogen) atoms. The first kappa shape index (κ1) is 18.2. The van der Waals surface area contributed by atoms with Crippen molar-refractivity contribution in [3.63, 3.8) is 0 Å². The van der Waals surface area contributed by atoms with Crippen LogP contribution >= 0.6 is 0 Å². The maximum atomic E-state index is 9.57. The van der Waals surface area contributed by atoms with Gasteiger partial charge in [0.05, 0.1) is 11.5 Å². The highest BCUT2D eigenvalue weighted by Gasteiger charge is 2.34. The van der Waals surface area contributed by atoms with Crippen LogP contribution in [0.1, 0.15) is 62.5 Å². The van der Waals surface area contributed by atoms with Crippen LogP contribution in [0.4, 0.5) is 0 Å². The van der Waals surface area contributed by atoms with Gasteiger partial charge < -0.3 is 5.73 Å². The van der Waals surface area contributed by atoms with Gasteiger partial charge in [0.25, 0.3) is 0 Å². The summed E-state index contributed by atoms with van der Waals surface area (Å²) in [6.07, 6.45) is 6.40. The number of nitrogens with zero attached hydrogens (tertiary/aromatic N) is 1. The summed E-state index contributed by atoms with van der Waals surface area (Å²) in [7, 11) is 0. The maximum Gasteiger partial charge on any atom is 0.122 e. The van der Waals surface area contributed by atoms with E-state index in [4.69, 9.17) is 11.1 Å². The Bertz CT molecular complexity index is 789. The number of nitriles is 1. The van der Waals surface area contributed by atoms with Crippen LogP contribution in [0.15, 0.2) is 48.5 Å². The molecule has 3 N–H and O–H groups in total. The van der Waals surface area contributed by atoms with Gasteiger partial charge in [-0.3, -0.25) is 5.41 Å². The minimum Gasteiger partial charge on any atom is -0.384 e. The quantitative estimate of drug-likeness (QED) is 0.546. The van der Waals surface area contributed by atoms with Crippen molar-refractivity contribution in [3.05, 3.63) is 59.7 Å². The molecule has 1 aliphatic carbocycles. The van der Waals surface area contributed by atoms with Gasteiger partial charge >= 0.3 is 0 Å². The molecule has 0 aliphatic heterocycles. The molecule has 0 bridgehead atoms. The molecular formula is C23H27N3. The zero-order valence-corrected chi connectivity index (χ0v) is 15.5. The Labute approximate surface area is 156 Å². The standard InChI is InChI=1S/C23H27N3/c1-2-13-23(16-24)14-11-20(12-15-23)19-5-3-17(4-6-19)18-7-9-21(10-8-18)22(25)26/h3-10,20H,2,11-15H2,1H3,(H3,25,26). The molecule has 0 radical (unpaired) electrons. The Hall–Kier alpha value is -2.60. The van der Waals surface area contributed by atoms with Gasteiger partial charge in [0, 0.05) is 5.56 Å². The topological polar surface area (TPSA) is 73.7 Å². The molecule has 1 aliphatic rings. The van der Waals surface area contributed by atoms with Crippen molar-refractivity contribution < 1.29 is 0 Å². The average Bonchev–Trinajstić information content (AvgIpc) is 2.69. The van der Waals surface area contributed by atoms with E-state index >= 15 is 0 Å². The van der Waals surface area contributed by atoms with E-state index < -0.39 is 0 Å². The molecule has 0 saturated heterocycles. The molecule has 0 aromatic heterocycles. The summed E-state index contributed by atoms with van der Waals surface area (Å²) in [6.45, 7) is 2.17. The summed E-state index contributed by atoms with van der Waals surface area (Å²) in [5.74, 6) is 0.670. The van der Waals surface area contributed by atoms with Crippen molar-refractivity contribution in [3.8, 4) is 17.2 Å². The lowest BCUT2D eigenvalue weighted by molar-refractivity contribution is 0.228. The van der Waals surface area contributed by atoms with Crippen LogP contribution in [0.2, 0.25) is 0 Å². The SMILES string of the molecule is CCCC1(C#N)CCC(c2ccc(-c3ccc(C(=N)N)cc3)cc2)CC1. The van der Waals surface area contributed by atoms with Crippen molar-refractivity contribution in [2.24, 2.45) is 11.1 Å². The van der Waals surface area contributed by atoms with E-state index in [1.54, 1.807) is 0 Å². The molecule has 0 heterocycles. The highest BCUT2D eigenvalue weighted by atomic mass is 14.7. The number of hydrogen-bond acceptors (Lipinski definition) is 2. The third-order valence-electron chi connectivity index (χ3n) is 5.82. The van der Waals surface area contributed by atoms with E-state index in [2.05, 4.69) is 37.3 Å². The van der Waals surface area contributed by atoms with E-state index in [1.807, 2.05) is 24.3 Å². The van der Waals surface area contributed by atoms with Crippen LogP contribution in [0.5, 0.6) is 0 Å². The average molecular weight is 345 g/mol. The van der Waals surface area contributed by atoms with Crippen molar-refractivity contribution in [2.45, 2.75) is 51.4 Å². The third-order valence-corrected chi connectivity index (χ3v) is 5.82. The molecular weight excluding hydrogens is 318 g/mol. The Kier molecular flexibility index (Phi) is 5.42. The van der Waals surface area contributed by atoms with Gasteiger partial charge in [-0.2, -0.15) is 5.26 Å². The van der Waals surface area contributed by atoms with Gasteiger partial charge in [0.15, 0.2) is 0 Å². The molecule has 3 rings (SSSR count). The number of benzene rings is 2. The normalized spacial score (nSPS) is 22.5. The molecule has 0 amide bonds. The van der Waals surface area contributed by atoms with Crippen LogP contribution in [0.25, 0.3) is 11.1 Å². The molecule has 0 atom stereocenters. The van der Waals surface area contributed by atoms with Crippen molar-refractivity contribution >= 4 is 5.84 Å². The van der Waals surface area contributed by atoms with Crippen LogP contribution < -0.4 is 5.73 Å². The van der Waals surface area contributed by atoms with Crippen molar-refractivity contribution in [1.82, 2.24) is 0 Å². The van der Waals surface area contributed by atoms with Crippen LogP contribution in [0.3, 0.4) is 0 Å². The number of rotatable bonds is 5. The molecule has 134 valence electrons. The highest BCUT2D eigenvalue weighted by Crippen LogP contribution is 2.45. The lowest BCUT2D eigenvalue weighted by atomic mass is 9.68. The summed E-state index contributed by atoms with van der Waals surface area (Å²) < 4.78 is 0. The van der Waals surface area contributed by atoms with Crippen LogP contribution in [0, 0.1) is 22.2 Å². The summed E-state index contributed by atoms with van der Waals surface area (Å²) in [5.41, 5.74) is 9.89.